The molecule has 28 heavy (non-hydrogen) atoms. The number of urea groups is 1. The second-order valence-corrected chi connectivity index (χ2v) is 8.34. The van der Waals surface area contributed by atoms with Crippen LogP contribution >= 0.6 is 0 Å². The molecule has 0 radical (unpaired) electrons. The number of amides is 2. The van der Waals surface area contributed by atoms with E-state index in [-0.39, 0.29) is 18.1 Å². The van der Waals surface area contributed by atoms with Gasteiger partial charge in [0.15, 0.2) is 0 Å². The monoisotopic (exact) mass is 381 g/mol. The van der Waals surface area contributed by atoms with Crippen molar-refractivity contribution in [1.29, 1.82) is 0 Å². The SMILES string of the molecule is O=C1N2C[C@@H](CC[C@H]2c2cc(CC3CCCC3)on2)N1OCc1ccccc1. The molecule has 6 heteroatoms. The van der Waals surface area contributed by atoms with E-state index in [2.05, 4.69) is 11.2 Å². The molecule has 3 heterocycles. The van der Waals surface area contributed by atoms with Crippen LogP contribution in [0.15, 0.2) is 40.9 Å². The minimum Gasteiger partial charge on any atom is -0.361 e. The van der Waals surface area contributed by atoms with E-state index in [1.54, 1.807) is 5.06 Å². The van der Waals surface area contributed by atoms with Crippen molar-refractivity contribution in [3.8, 4) is 0 Å². The van der Waals surface area contributed by atoms with Gasteiger partial charge in [-0.3, -0.25) is 4.84 Å². The lowest BCUT2D eigenvalue weighted by Crippen LogP contribution is -2.34. The summed E-state index contributed by atoms with van der Waals surface area (Å²) in [5.74, 6) is 1.69. The molecule has 2 saturated heterocycles. The summed E-state index contributed by atoms with van der Waals surface area (Å²) in [6.45, 7) is 1.11. The summed E-state index contributed by atoms with van der Waals surface area (Å²) in [5, 5.41) is 5.90. The lowest BCUT2D eigenvalue weighted by atomic mass is 9.97. The molecule has 148 valence electrons. The van der Waals surface area contributed by atoms with Gasteiger partial charge in [-0.25, -0.2) is 4.79 Å². The van der Waals surface area contributed by atoms with E-state index in [0.29, 0.717) is 13.2 Å². The quantitative estimate of drug-likeness (QED) is 0.740. The number of aromatic nitrogens is 1. The summed E-state index contributed by atoms with van der Waals surface area (Å²) in [6, 6.07) is 12.1. The topological polar surface area (TPSA) is 58.8 Å². The molecule has 1 aromatic heterocycles. The summed E-state index contributed by atoms with van der Waals surface area (Å²) < 4.78 is 5.62. The predicted molar refractivity (Wildman–Crippen MR) is 103 cm³/mol. The molecule has 0 N–H and O–H groups in total. The fourth-order valence-corrected chi connectivity index (χ4v) is 4.90. The number of hydroxylamine groups is 2. The second kappa shape index (κ2) is 7.59. The minimum atomic E-state index is -0.0521. The first-order chi connectivity index (χ1) is 13.8. The van der Waals surface area contributed by atoms with E-state index >= 15 is 0 Å². The van der Waals surface area contributed by atoms with Crippen molar-refractivity contribution < 1.29 is 14.2 Å². The van der Waals surface area contributed by atoms with Gasteiger partial charge in [-0.2, -0.15) is 5.06 Å². The first-order valence-electron chi connectivity index (χ1n) is 10.5. The molecular weight excluding hydrogens is 354 g/mol. The van der Waals surface area contributed by atoms with Crippen LogP contribution in [0.1, 0.15) is 61.6 Å². The molecular formula is C22H27N3O3. The molecule has 0 spiro atoms. The van der Waals surface area contributed by atoms with E-state index < -0.39 is 0 Å². The Morgan fingerprint density at radius 3 is 2.75 bits per heavy atom. The number of hydrogen-bond donors (Lipinski definition) is 0. The van der Waals surface area contributed by atoms with Crippen LogP contribution in [-0.4, -0.2) is 33.7 Å². The number of nitrogens with zero attached hydrogens (tertiary/aromatic N) is 3. The number of piperidine rings is 1. The largest absolute Gasteiger partial charge is 0.361 e. The zero-order valence-electron chi connectivity index (χ0n) is 16.1. The van der Waals surface area contributed by atoms with Crippen LogP contribution in [0.4, 0.5) is 4.79 Å². The Labute approximate surface area is 165 Å². The molecule has 2 aromatic rings. The average Bonchev–Trinajstić information content (AvgIpc) is 3.45. The average molecular weight is 381 g/mol. The zero-order valence-corrected chi connectivity index (χ0v) is 16.1. The van der Waals surface area contributed by atoms with Gasteiger partial charge in [0.05, 0.1) is 12.1 Å². The van der Waals surface area contributed by atoms with E-state index in [9.17, 15) is 4.79 Å². The van der Waals surface area contributed by atoms with Crippen molar-refractivity contribution in [2.24, 2.45) is 5.92 Å². The van der Waals surface area contributed by atoms with Gasteiger partial charge in [0.2, 0.25) is 0 Å². The molecule has 6 nitrogen and oxygen atoms in total. The third-order valence-electron chi connectivity index (χ3n) is 6.42. The maximum absolute atomic E-state index is 12.9. The number of fused-ring (bicyclic) bond motifs is 2. The fourth-order valence-electron chi connectivity index (χ4n) is 4.90. The molecule has 2 atom stereocenters. The van der Waals surface area contributed by atoms with E-state index in [4.69, 9.17) is 9.36 Å². The van der Waals surface area contributed by atoms with Crippen molar-refractivity contribution in [3.63, 3.8) is 0 Å². The molecule has 2 amide bonds. The third-order valence-corrected chi connectivity index (χ3v) is 6.42. The smallest absolute Gasteiger partial charge is 0.344 e. The van der Waals surface area contributed by atoms with Crippen LogP contribution in [0.25, 0.3) is 0 Å². The lowest BCUT2D eigenvalue weighted by Gasteiger charge is -2.28. The van der Waals surface area contributed by atoms with Gasteiger partial charge >= 0.3 is 6.03 Å². The molecule has 1 aromatic carbocycles. The normalized spacial score (nSPS) is 25.1. The van der Waals surface area contributed by atoms with Crippen molar-refractivity contribution in [1.82, 2.24) is 15.1 Å². The molecule has 1 saturated carbocycles. The Morgan fingerprint density at radius 2 is 1.93 bits per heavy atom. The first kappa shape index (κ1) is 17.7. The van der Waals surface area contributed by atoms with E-state index in [1.807, 2.05) is 35.2 Å². The van der Waals surface area contributed by atoms with Gasteiger partial charge < -0.3 is 9.42 Å². The van der Waals surface area contributed by atoms with Gasteiger partial charge in [-0.15, -0.1) is 0 Å². The highest BCUT2D eigenvalue weighted by Gasteiger charge is 2.46. The number of rotatable bonds is 6. The van der Waals surface area contributed by atoms with Crippen LogP contribution in [-0.2, 0) is 17.9 Å². The molecule has 1 aliphatic carbocycles. The van der Waals surface area contributed by atoms with Crippen LogP contribution in [0.5, 0.6) is 0 Å². The molecule has 5 rings (SSSR count). The molecule has 0 unspecified atom stereocenters. The van der Waals surface area contributed by atoms with Crippen LogP contribution in [0.2, 0.25) is 0 Å². The summed E-state index contributed by atoms with van der Waals surface area (Å²) in [5.41, 5.74) is 1.96. The summed E-state index contributed by atoms with van der Waals surface area (Å²) in [4.78, 5) is 20.7. The standard InChI is InChI=1S/C22H27N3O3/c26-22-24-14-18(25(22)27-15-17-8-2-1-3-9-17)10-11-21(24)20-13-19(28-23-20)12-16-6-4-5-7-16/h1-3,8-9,13,16,18,21H,4-7,10-12,14-15H2/t18-,21+/m1/s1. The maximum atomic E-state index is 12.9. The highest BCUT2D eigenvalue weighted by Crippen LogP contribution is 2.39. The second-order valence-electron chi connectivity index (χ2n) is 8.34. The lowest BCUT2D eigenvalue weighted by molar-refractivity contribution is -0.140. The Kier molecular flexibility index (Phi) is 4.81. The highest BCUT2D eigenvalue weighted by molar-refractivity contribution is 5.77. The minimum absolute atomic E-state index is 0.00449. The molecule has 2 bridgehead atoms. The Bertz CT molecular complexity index is 815. The van der Waals surface area contributed by atoms with Crippen LogP contribution in [0, 0.1) is 5.92 Å². The van der Waals surface area contributed by atoms with Gasteiger partial charge in [-0.05, 0) is 24.3 Å². The zero-order chi connectivity index (χ0) is 18.9. The van der Waals surface area contributed by atoms with Gasteiger partial charge in [-0.1, -0.05) is 61.2 Å². The van der Waals surface area contributed by atoms with E-state index in [1.165, 1.54) is 25.7 Å². The number of hydrogen-bond acceptors (Lipinski definition) is 4. The van der Waals surface area contributed by atoms with Crippen LogP contribution in [0.3, 0.4) is 0 Å². The van der Waals surface area contributed by atoms with Gasteiger partial charge in [0.1, 0.15) is 18.1 Å². The number of carbonyl (C=O) groups is 1. The maximum Gasteiger partial charge on any atom is 0.344 e. The fraction of sp³-hybridized carbons (Fsp3) is 0.545. The van der Waals surface area contributed by atoms with Crippen LogP contribution < -0.4 is 0 Å². The summed E-state index contributed by atoms with van der Waals surface area (Å²) in [7, 11) is 0. The Morgan fingerprint density at radius 1 is 1.11 bits per heavy atom. The molecule has 3 fully saturated rings. The summed E-state index contributed by atoms with van der Waals surface area (Å²) >= 11 is 0. The van der Waals surface area contributed by atoms with Crippen molar-refractivity contribution in [2.45, 2.75) is 63.6 Å². The predicted octanol–water partition coefficient (Wildman–Crippen LogP) is 4.48. The van der Waals surface area contributed by atoms with Gasteiger partial charge in [0.25, 0.3) is 0 Å². The Balaban J connectivity index is 1.24. The number of benzene rings is 1. The third kappa shape index (κ3) is 3.41. The molecule has 3 aliphatic rings. The molecule has 2 aliphatic heterocycles. The highest BCUT2D eigenvalue weighted by atomic mass is 16.7. The van der Waals surface area contributed by atoms with Crippen molar-refractivity contribution >= 4 is 6.03 Å². The first-order valence-corrected chi connectivity index (χ1v) is 10.5. The number of carbonyl (C=O) groups excluding carboxylic acids is 1. The van der Waals surface area contributed by atoms with Crippen molar-refractivity contribution in [3.05, 3.63) is 53.4 Å². The van der Waals surface area contributed by atoms with E-state index in [0.717, 1.165) is 42.2 Å². The van der Waals surface area contributed by atoms with Gasteiger partial charge in [0, 0.05) is 19.0 Å². The Hall–Kier alpha value is -2.34. The van der Waals surface area contributed by atoms with Crippen molar-refractivity contribution in [2.75, 3.05) is 6.54 Å². The summed E-state index contributed by atoms with van der Waals surface area (Å²) in [6.07, 6.45) is 8.04.